The molecule has 164 valence electrons. The second kappa shape index (κ2) is 10.1. The van der Waals surface area contributed by atoms with Crippen LogP contribution in [0.15, 0.2) is 41.8 Å². The van der Waals surface area contributed by atoms with E-state index in [1.807, 2.05) is 41.5 Å². The Balaban J connectivity index is 1.73. The smallest absolute Gasteiger partial charge is 0.254 e. The van der Waals surface area contributed by atoms with Crippen LogP contribution < -0.4 is 4.74 Å². The molecular weight excluding hydrogens is 404 g/mol. The van der Waals surface area contributed by atoms with Crippen LogP contribution >= 0.6 is 11.3 Å². The van der Waals surface area contributed by atoms with Gasteiger partial charge in [0, 0.05) is 17.0 Å². The lowest BCUT2D eigenvalue weighted by atomic mass is 10.1. The van der Waals surface area contributed by atoms with Crippen LogP contribution in [0.5, 0.6) is 5.75 Å². The van der Waals surface area contributed by atoms with E-state index in [-0.39, 0.29) is 11.9 Å². The Hall–Kier alpha value is -2.66. The first-order valence-electron chi connectivity index (χ1n) is 10.8. The minimum atomic E-state index is 0.0594. The van der Waals surface area contributed by atoms with Crippen molar-refractivity contribution in [3.05, 3.63) is 80.3 Å². The van der Waals surface area contributed by atoms with E-state index in [0.29, 0.717) is 13.2 Å². The summed E-state index contributed by atoms with van der Waals surface area (Å²) in [4.78, 5) is 19.9. The second-order valence-electron chi connectivity index (χ2n) is 8.23. The van der Waals surface area contributed by atoms with Gasteiger partial charge in [0.2, 0.25) is 0 Å². The number of carbonyl (C=O) groups is 1. The molecule has 2 aromatic carbocycles. The number of nitrogens with zero attached hydrogens (tertiary/aromatic N) is 2. The maximum absolute atomic E-state index is 13.3. The first-order valence-corrected chi connectivity index (χ1v) is 11.7. The van der Waals surface area contributed by atoms with Gasteiger partial charge < -0.3 is 9.64 Å². The first kappa shape index (κ1) is 23.0. The van der Waals surface area contributed by atoms with Gasteiger partial charge in [-0.2, -0.15) is 0 Å². The van der Waals surface area contributed by atoms with Crippen molar-refractivity contribution in [2.75, 3.05) is 0 Å². The molecule has 1 heterocycles. The molecule has 0 unspecified atom stereocenters. The Labute approximate surface area is 189 Å². The van der Waals surface area contributed by atoms with Crippen LogP contribution in [-0.2, 0) is 13.2 Å². The highest BCUT2D eigenvalue weighted by molar-refractivity contribution is 7.09. The van der Waals surface area contributed by atoms with Crippen molar-refractivity contribution in [1.29, 1.82) is 0 Å². The number of thiazole rings is 1. The van der Waals surface area contributed by atoms with E-state index in [4.69, 9.17) is 9.72 Å². The normalized spacial score (nSPS) is 11.9. The summed E-state index contributed by atoms with van der Waals surface area (Å²) in [6.07, 6.45) is 0.893. The molecule has 0 fully saturated rings. The van der Waals surface area contributed by atoms with Crippen LogP contribution in [-0.4, -0.2) is 21.8 Å². The zero-order valence-corrected chi connectivity index (χ0v) is 20.2. The number of ether oxygens (including phenoxy) is 1. The van der Waals surface area contributed by atoms with Crippen LogP contribution in [0.1, 0.15) is 63.6 Å². The molecule has 5 heteroatoms. The highest BCUT2D eigenvalue weighted by atomic mass is 32.1. The number of aryl methyl sites for hydroxylation is 3. The molecule has 3 aromatic rings. The Bertz CT molecular complexity index is 1060. The predicted octanol–water partition coefficient (Wildman–Crippen LogP) is 6.40. The van der Waals surface area contributed by atoms with Crippen LogP contribution in [0.4, 0.5) is 0 Å². The second-order valence-corrected chi connectivity index (χ2v) is 9.17. The van der Waals surface area contributed by atoms with Gasteiger partial charge in [-0.05, 0) is 75.4 Å². The Morgan fingerprint density at radius 2 is 1.87 bits per heavy atom. The van der Waals surface area contributed by atoms with Crippen molar-refractivity contribution >= 4 is 17.2 Å². The summed E-state index contributed by atoms with van der Waals surface area (Å²) in [6.45, 7) is 13.4. The van der Waals surface area contributed by atoms with Crippen molar-refractivity contribution in [2.45, 2.75) is 67.2 Å². The Kier molecular flexibility index (Phi) is 7.50. The van der Waals surface area contributed by atoms with Crippen molar-refractivity contribution in [1.82, 2.24) is 9.88 Å². The van der Waals surface area contributed by atoms with E-state index in [2.05, 4.69) is 46.8 Å². The maximum Gasteiger partial charge on any atom is 0.254 e. The fraction of sp³-hybridized carbons (Fsp3) is 0.385. The molecule has 0 aliphatic rings. The molecule has 1 atom stereocenters. The quantitative estimate of drug-likeness (QED) is 0.410. The third kappa shape index (κ3) is 5.53. The Morgan fingerprint density at radius 1 is 1.13 bits per heavy atom. The number of amides is 1. The monoisotopic (exact) mass is 436 g/mol. The standard InChI is InChI=1S/C26H32N2O2S/c1-7-20(5)28(26(29)23-11-9-8-10-18(23)3)14-22-16-31-25(27-22)15-30-24-13-17(2)12-19(4)21(24)6/h8-13,16,20H,7,14-15H2,1-6H3/t20-/m0/s1. The molecule has 0 saturated heterocycles. The largest absolute Gasteiger partial charge is 0.486 e. The SMILES string of the molecule is CC[C@H](C)N(Cc1csc(COc2cc(C)cc(C)c2C)n1)C(=O)c1ccccc1C. The Morgan fingerprint density at radius 3 is 2.58 bits per heavy atom. The zero-order valence-electron chi connectivity index (χ0n) is 19.4. The fourth-order valence-corrected chi connectivity index (χ4v) is 4.26. The number of hydrogen-bond donors (Lipinski definition) is 0. The topological polar surface area (TPSA) is 42.4 Å². The van der Waals surface area contributed by atoms with Crippen LogP contribution in [0.3, 0.4) is 0 Å². The molecule has 0 aliphatic carbocycles. The number of aromatic nitrogens is 1. The summed E-state index contributed by atoms with van der Waals surface area (Å²) in [5.41, 5.74) is 6.24. The van der Waals surface area contributed by atoms with Crippen LogP contribution in [0, 0.1) is 27.7 Å². The van der Waals surface area contributed by atoms with E-state index in [0.717, 1.165) is 39.6 Å². The average molecular weight is 437 g/mol. The van der Waals surface area contributed by atoms with Gasteiger partial charge in [-0.1, -0.05) is 31.2 Å². The van der Waals surface area contributed by atoms with E-state index in [9.17, 15) is 4.79 Å². The third-order valence-corrected chi connectivity index (χ3v) is 6.68. The molecule has 0 N–H and O–H groups in total. The van der Waals surface area contributed by atoms with E-state index in [1.54, 1.807) is 11.3 Å². The summed E-state index contributed by atoms with van der Waals surface area (Å²) in [7, 11) is 0. The molecule has 1 amide bonds. The van der Waals surface area contributed by atoms with Gasteiger partial charge in [-0.15, -0.1) is 11.3 Å². The van der Waals surface area contributed by atoms with Crippen molar-refractivity contribution < 1.29 is 9.53 Å². The van der Waals surface area contributed by atoms with Crippen LogP contribution in [0.2, 0.25) is 0 Å². The summed E-state index contributed by atoms with van der Waals surface area (Å²) in [5, 5.41) is 2.95. The fourth-order valence-electron chi connectivity index (χ4n) is 3.57. The predicted molar refractivity (Wildman–Crippen MR) is 128 cm³/mol. The molecule has 0 radical (unpaired) electrons. The summed E-state index contributed by atoms with van der Waals surface area (Å²) in [5.74, 6) is 0.967. The lowest BCUT2D eigenvalue weighted by Gasteiger charge is -2.28. The molecule has 1 aromatic heterocycles. The molecule has 4 nitrogen and oxygen atoms in total. The van der Waals surface area contributed by atoms with E-state index < -0.39 is 0 Å². The molecule has 0 bridgehead atoms. The summed E-state index contributed by atoms with van der Waals surface area (Å²) < 4.78 is 6.07. The summed E-state index contributed by atoms with van der Waals surface area (Å²) in [6, 6.07) is 12.1. The van der Waals surface area contributed by atoms with E-state index >= 15 is 0 Å². The van der Waals surface area contributed by atoms with Gasteiger partial charge in [0.1, 0.15) is 17.4 Å². The minimum Gasteiger partial charge on any atom is -0.486 e. The molecule has 0 spiro atoms. The molecule has 0 saturated carbocycles. The molecule has 0 aliphatic heterocycles. The summed E-state index contributed by atoms with van der Waals surface area (Å²) >= 11 is 1.58. The maximum atomic E-state index is 13.3. The van der Waals surface area contributed by atoms with Gasteiger partial charge in [0.15, 0.2) is 0 Å². The van der Waals surface area contributed by atoms with Gasteiger partial charge in [0.25, 0.3) is 5.91 Å². The first-order chi connectivity index (χ1) is 14.8. The average Bonchev–Trinajstić information content (AvgIpc) is 3.20. The van der Waals surface area contributed by atoms with Gasteiger partial charge in [-0.25, -0.2) is 4.98 Å². The highest BCUT2D eigenvalue weighted by Crippen LogP contribution is 2.25. The van der Waals surface area contributed by atoms with E-state index in [1.165, 1.54) is 11.1 Å². The third-order valence-electron chi connectivity index (χ3n) is 5.81. The van der Waals surface area contributed by atoms with Crippen LogP contribution in [0.25, 0.3) is 0 Å². The number of rotatable bonds is 8. The number of benzene rings is 2. The lowest BCUT2D eigenvalue weighted by molar-refractivity contribution is 0.0668. The van der Waals surface area contributed by atoms with Crippen molar-refractivity contribution in [2.24, 2.45) is 0 Å². The lowest BCUT2D eigenvalue weighted by Crippen LogP contribution is -2.38. The molecule has 3 rings (SSSR count). The van der Waals surface area contributed by atoms with Crippen molar-refractivity contribution in [3.63, 3.8) is 0 Å². The zero-order chi connectivity index (χ0) is 22.5. The highest BCUT2D eigenvalue weighted by Gasteiger charge is 2.23. The molecular formula is C26H32N2O2S. The van der Waals surface area contributed by atoms with Gasteiger partial charge >= 0.3 is 0 Å². The number of hydrogen-bond acceptors (Lipinski definition) is 4. The molecule has 31 heavy (non-hydrogen) atoms. The number of carbonyl (C=O) groups excluding carboxylic acids is 1. The van der Waals surface area contributed by atoms with Gasteiger partial charge in [-0.3, -0.25) is 4.79 Å². The van der Waals surface area contributed by atoms with Gasteiger partial charge in [0.05, 0.1) is 12.2 Å². The van der Waals surface area contributed by atoms with Crippen molar-refractivity contribution in [3.8, 4) is 5.75 Å². The minimum absolute atomic E-state index is 0.0594.